The highest BCUT2D eigenvalue weighted by atomic mass is 16.7. The maximum absolute atomic E-state index is 11.0. The van der Waals surface area contributed by atoms with E-state index in [2.05, 4.69) is 0 Å². The van der Waals surface area contributed by atoms with E-state index in [9.17, 15) is 4.79 Å². The fraction of sp³-hybridized carbons (Fsp3) is 0.917. The lowest BCUT2D eigenvalue weighted by Gasteiger charge is -2.24. The van der Waals surface area contributed by atoms with Crippen LogP contribution in [0.1, 0.15) is 25.7 Å². The number of rotatable bonds is 5. The molecule has 0 aromatic heterocycles. The van der Waals surface area contributed by atoms with Crippen molar-refractivity contribution in [1.29, 1.82) is 0 Å². The van der Waals surface area contributed by atoms with E-state index < -0.39 is 11.5 Å². The van der Waals surface area contributed by atoms with E-state index >= 15 is 0 Å². The van der Waals surface area contributed by atoms with Crippen molar-refractivity contribution in [3.63, 3.8) is 0 Å². The molecule has 6 heteroatoms. The van der Waals surface area contributed by atoms with Crippen LogP contribution in [0.2, 0.25) is 0 Å². The summed E-state index contributed by atoms with van der Waals surface area (Å²) in [6.07, 6.45) is 3.64. The molecular weight excluding hydrogens is 236 g/mol. The lowest BCUT2D eigenvalue weighted by Crippen LogP contribution is -2.50. The summed E-state index contributed by atoms with van der Waals surface area (Å²) in [7, 11) is 0. The fourth-order valence-corrected chi connectivity index (χ4v) is 2.44. The first-order valence-electron chi connectivity index (χ1n) is 6.58. The molecule has 0 aliphatic carbocycles. The van der Waals surface area contributed by atoms with E-state index in [1.54, 1.807) is 0 Å². The molecule has 6 nitrogen and oxygen atoms in total. The summed E-state index contributed by atoms with van der Waals surface area (Å²) in [6.45, 7) is 3.18. The van der Waals surface area contributed by atoms with Crippen LogP contribution in [-0.4, -0.2) is 60.7 Å². The van der Waals surface area contributed by atoms with Gasteiger partial charge in [0.05, 0.1) is 6.61 Å². The van der Waals surface area contributed by atoms with Crippen molar-refractivity contribution >= 4 is 5.97 Å². The maximum Gasteiger partial charge on any atom is 0.325 e. The zero-order valence-corrected chi connectivity index (χ0v) is 10.6. The molecule has 0 aromatic carbocycles. The Morgan fingerprint density at radius 2 is 2.39 bits per heavy atom. The molecule has 0 saturated carbocycles. The summed E-state index contributed by atoms with van der Waals surface area (Å²) in [5.41, 5.74) is 4.72. The monoisotopic (exact) mass is 258 g/mol. The van der Waals surface area contributed by atoms with Gasteiger partial charge in [0, 0.05) is 26.2 Å². The van der Waals surface area contributed by atoms with Gasteiger partial charge >= 0.3 is 5.97 Å². The zero-order chi connectivity index (χ0) is 13.0. The van der Waals surface area contributed by atoms with Gasteiger partial charge in [0.15, 0.2) is 6.29 Å². The SMILES string of the molecule is NC1(C(=O)O)CCN(CCOC2CCCCO2)C1. The number of nitrogens with two attached hydrogens (primary N) is 1. The lowest BCUT2D eigenvalue weighted by molar-refractivity contribution is -0.164. The zero-order valence-electron chi connectivity index (χ0n) is 10.6. The Balaban J connectivity index is 1.64. The summed E-state index contributed by atoms with van der Waals surface area (Å²) in [6, 6.07) is 0. The number of carboxylic acid groups (broad SMARTS) is 1. The van der Waals surface area contributed by atoms with Crippen molar-refractivity contribution < 1.29 is 19.4 Å². The minimum atomic E-state index is -1.08. The summed E-state index contributed by atoms with van der Waals surface area (Å²) in [5.74, 6) is -0.915. The van der Waals surface area contributed by atoms with Gasteiger partial charge in [-0.3, -0.25) is 9.69 Å². The quantitative estimate of drug-likeness (QED) is 0.723. The van der Waals surface area contributed by atoms with Gasteiger partial charge in [0.1, 0.15) is 5.54 Å². The van der Waals surface area contributed by atoms with Gasteiger partial charge in [-0.2, -0.15) is 0 Å². The maximum atomic E-state index is 11.0. The van der Waals surface area contributed by atoms with E-state index in [1.165, 1.54) is 0 Å². The third-order valence-electron chi connectivity index (χ3n) is 3.65. The Kier molecular flexibility index (Phi) is 4.55. The Labute approximate surface area is 107 Å². The van der Waals surface area contributed by atoms with Gasteiger partial charge in [-0.05, 0) is 25.7 Å². The highest BCUT2D eigenvalue weighted by Gasteiger charge is 2.40. The second kappa shape index (κ2) is 5.97. The van der Waals surface area contributed by atoms with Crippen LogP contribution in [0, 0.1) is 0 Å². The number of carboxylic acids is 1. The molecule has 0 amide bonds. The first-order valence-corrected chi connectivity index (χ1v) is 6.58. The Morgan fingerprint density at radius 3 is 3.00 bits per heavy atom. The summed E-state index contributed by atoms with van der Waals surface area (Å²) in [4.78, 5) is 13.0. The first kappa shape index (κ1) is 13.7. The van der Waals surface area contributed by atoms with Crippen molar-refractivity contribution in [2.75, 3.05) is 32.8 Å². The minimum Gasteiger partial charge on any atom is -0.480 e. The molecule has 2 unspecified atom stereocenters. The van der Waals surface area contributed by atoms with E-state index in [0.717, 1.165) is 32.4 Å². The number of carbonyl (C=O) groups is 1. The Morgan fingerprint density at radius 1 is 1.56 bits per heavy atom. The van der Waals surface area contributed by atoms with E-state index in [1.807, 2.05) is 4.90 Å². The molecule has 104 valence electrons. The number of aliphatic carboxylic acids is 1. The van der Waals surface area contributed by atoms with Gasteiger partial charge in [-0.15, -0.1) is 0 Å². The van der Waals surface area contributed by atoms with Crippen LogP contribution in [0.3, 0.4) is 0 Å². The number of ether oxygens (including phenoxy) is 2. The Bertz CT molecular complexity index is 294. The van der Waals surface area contributed by atoms with Crippen LogP contribution in [0.5, 0.6) is 0 Å². The van der Waals surface area contributed by atoms with E-state index in [4.69, 9.17) is 20.3 Å². The molecule has 2 aliphatic rings. The van der Waals surface area contributed by atoms with Gasteiger partial charge in [0.25, 0.3) is 0 Å². The standard InChI is InChI=1S/C12H22N2O4/c13-12(11(15)16)4-5-14(9-12)6-8-18-10-3-1-2-7-17-10/h10H,1-9,13H2,(H,15,16). The van der Waals surface area contributed by atoms with E-state index in [0.29, 0.717) is 26.1 Å². The molecule has 2 rings (SSSR count). The molecule has 0 spiro atoms. The van der Waals surface area contributed by atoms with E-state index in [-0.39, 0.29) is 6.29 Å². The number of hydrogen-bond acceptors (Lipinski definition) is 5. The second-order valence-electron chi connectivity index (χ2n) is 5.15. The molecule has 0 radical (unpaired) electrons. The third kappa shape index (κ3) is 3.41. The Hall–Kier alpha value is -0.690. The molecule has 0 bridgehead atoms. The highest BCUT2D eigenvalue weighted by molar-refractivity contribution is 5.79. The fourth-order valence-electron chi connectivity index (χ4n) is 2.44. The largest absolute Gasteiger partial charge is 0.480 e. The normalized spacial score (nSPS) is 33.7. The third-order valence-corrected chi connectivity index (χ3v) is 3.65. The van der Waals surface area contributed by atoms with Crippen molar-refractivity contribution in [3.05, 3.63) is 0 Å². The van der Waals surface area contributed by atoms with Crippen molar-refractivity contribution in [3.8, 4) is 0 Å². The van der Waals surface area contributed by atoms with Crippen LogP contribution in [-0.2, 0) is 14.3 Å². The van der Waals surface area contributed by atoms with Gasteiger partial charge in [-0.1, -0.05) is 0 Å². The average molecular weight is 258 g/mol. The highest BCUT2D eigenvalue weighted by Crippen LogP contribution is 2.19. The van der Waals surface area contributed by atoms with Crippen molar-refractivity contribution in [2.24, 2.45) is 5.73 Å². The van der Waals surface area contributed by atoms with Crippen molar-refractivity contribution in [1.82, 2.24) is 4.90 Å². The molecular formula is C12H22N2O4. The number of nitrogens with zero attached hydrogens (tertiary/aromatic N) is 1. The van der Waals surface area contributed by atoms with Gasteiger partial charge < -0.3 is 20.3 Å². The lowest BCUT2D eigenvalue weighted by atomic mass is 10.0. The predicted octanol–water partition coefficient (Wildman–Crippen LogP) is 0.0174. The minimum absolute atomic E-state index is 0.0801. The van der Waals surface area contributed by atoms with Crippen LogP contribution >= 0.6 is 0 Å². The predicted molar refractivity (Wildman–Crippen MR) is 65.2 cm³/mol. The molecule has 2 aliphatic heterocycles. The summed E-state index contributed by atoms with van der Waals surface area (Å²) in [5, 5.41) is 9.02. The average Bonchev–Trinajstić information content (AvgIpc) is 2.74. The molecule has 18 heavy (non-hydrogen) atoms. The number of hydrogen-bond donors (Lipinski definition) is 2. The van der Waals surface area contributed by atoms with Crippen LogP contribution in [0.4, 0.5) is 0 Å². The van der Waals surface area contributed by atoms with Gasteiger partial charge in [0.2, 0.25) is 0 Å². The molecule has 2 saturated heterocycles. The molecule has 3 N–H and O–H groups in total. The first-order chi connectivity index (χ1) is 8.60. The second-order valence-corrected chi connectivity index (χ2v) is 5.15. The van der Waals surface area contributed by atoms with Gasteiger partial charge in [-0.25, -0.2) is 0 Å². The molecule has 0 aromatic rings. The van der Waals surface area contributed by atoms with Crippen LogP contribution < -0.4 is 5.73 Å². The summed E-state index contributed by atoms with van der Waals surface area (Å²) < 4.78 is 11.1. The van der Waals surface area contributed by atoms with Crippen LogP contribution in [0.15, 0.2) is 0 Å². The van der Waals surface area contributed by atoms with Crippen molar-refractivity contribution in [2.45, 2.75) is 37.5 Å². The molecule has 2 fully saturated rings. The molecule has 2 heterocycles. The smallest absolute Gasteiger partial charge is 0.325 e. The molecule has 2 atom stereocenters. The van der Waals surface area contributed by atoms with Crippen LogP contribution in [0.25, 0.3) is 0 Å². The topological polar surface area (TPSA) is 85.0 Å². The summed E-state index contributed by atoms with van der Waals surface area (Å²) >= 11 is 0. The number of likely N-dealkylation sites (tertiary alicyclic amines) is 1.